The summed E-state index contributed by atoms with van der Waals surface area (Å²) in [4.78, 5) is 0. The molecule has 1 rings (SSSR count). The van der Waals surface area contributed by atoms with E-state index < -0.39 is 42.4 Å². The molecule has 0 aromatic heterocycles. The maximum Gasteiger partial charge on any atom is 0.352 e. The number of aliphatic hydroxyl groups is 2. The Bertz CT molecular complexity index is 556. The van der Waals surface area contributed by atoms with E-state index in [0.717, 1.165) is 38.5 Å². The van der Waals surface area contributed by atoms with Crippen LogP contribution in [0.3, 0.4) is 0 Å². The lowest BCUT2D eigenvalue weighted by atomic mass is 9.87. The van der Waals surface area contributed by atoms with E-state index in [1.165, 1.54) is 6.92 Å². The Morgan fingerprint density at radius 3 is 1.83 bits per heavy atom. The van der Waals surface area contributed by atoms with Crippen LogP contribution in [0.2, 0.25) is 0 Å². The first kappa shape index (κ1) is 33.6. The van der Waals surface area contributed by atoms with E-state index >= 15 is 8.78 Å². The molecule has 2 N–H and O–H groups in total. The standard InChI is InChI=1S/C26H50F2O8/c1-6-11-15-31-19-20-21(33-16-12-7-2)22(34-17-13-8-3)23(35-18-14-9-4)26(30,36-20)25(27,28)24(29)32-10-5/h20-24,29-30H,6-19H2,1-5H3/t20-,21+,22+,23-,24?,26-/m1/s1. The summed E-state index contributed by atoms with van der Waals surface area (Å²) in [6.07, 6.45) is -1.03. The molecule has 0 aromatic carbocycles. The van der Waals surface area contributed by atoms with Crippen LogP contribution >= 0.6 is 0 Å². The first-order valence-electron chi connectivity index (χ1n) is 13.7. The number of halogens is 2. The van der Waals surface area contributed by atoms with Gasteiger partial charge in [-0.05, 0) is 32.6 Å². The van der Waals surface area contributed by atoms with Crippen LogP contribution in [0.15, 0.2) is 0 Å². The number of rotatable bonds is 21. The summed E-state index contributed by atoms with van der Waals surface area (Å²) in [6.45, 7) is 10.3. The van der Waals surface area contributed by atoms with E-state index in [1.54, 1.807) is 0 Å². The summed E-state index contributed by atoms with van der Waals surface area (Å²) in [6, 6.07) is 0. The molecule has 1 aliphatic heterocycles. The molecule has 0 radical (unpaired) electrons. The van der Waals surface area contributed by atoms with Crippen molar-refractivity contribution in [3.05, 3.63) is 0 Å². The summed E-state index contributed by atoms with van der Waals surface area (Å²) in [5, 5.41) is 21.7. The maximum atomic E-state index is 15.7. The van der Waals surface area contributed by atoms with Gasteiger partial charge < -0.3 is 38.6 Å². The number of unbranched alkanes of at least 4 members (excludes halogenated alkanes) is 4. The predicted molar refractivity (Wildman–Crippen MR) is 132 cm³/mol. The minimum absolute atomic E-state index is 0.0881. The zero-order valence-electron chi connectivity index (χ0n) is 22.9. The Balaban J connectivity index is 3.45. The van der Waals surface area contributed by atoms with Crippen molar-refractivity contribution in [3.8, 4) is 0 Å². The second-order valence-corrected chi connectivity index (χ2v) is 9.23. The molecule has 0 aromatic rings. The molecule has 6 atom stereocenters. The van der Waals surface area contributed by atoms with E-state index in [4.69, 9.17) is 28.4 Å². The van der Waals surface area contributed by atoms with Gasteiger partial charge in [0.25, 0.3) is 5.79 Å². The summed E-state index contributed by atoms with van der Waals surface area (Å²) in [5.74, 6) is -7.47. The average Bonchev–Trinajstić information content (AvgIpc) is 2.85. The monoisotopic (exact) mass is 528 g/mol. The highest BCUT2D eigenvalue weighted by molar-refractivity contribution is 5.06. The first-order valence-corrected chi connectivity index (χ1v) is 13.7. The molecule has 1 aliphatic rings. The van der Waals surface area contributed by atoms with Crippen LogP contribution in [-0.2, 0) is 28.4 Å². The van der Waals surface area contributed by atoms with Gasteiger partial charge in [-0.2, -0.15) is 8.78 Å². The molecule has 216 valence electrons. The quantitative estimate of drug-likeness (QED) is 0.167. The molecule has 8 nitrogen and oxygen atoms in total. The molecule has 0 spiro atoms. The van der Waals surface area contributed by atoms with E-state index in [-0.39, 0.29) is 26.4 Å². The molecule has 0 saturated carbocycles. The molecular weight excluding hydrogens is 478 g/mol. The lowest BCUT2D eigenvalue weighted by Gasteiger charge is -2.52. The van der Waals surface area contributed by atoms with E-state index in [1.807, 2.05) is 27.7 Å². The van der Waals surface area contributed by atoms with E-state index in [2.05, 4.69) is 0 Å². The lowest BCUT2D eigenvalue weighted by molar-refractivity contribution is -0.448. The minimum atomic E-state index is -4.23. The molecule has 36 heavy (non-hydrogen) atoms. The molecule has 0 amide bonds. The first-order chi connectivity index (χ1) is 17.2. The third kappa shape index (κ3) is 9.38. The average molecular weight is 529 g/mol. The van der Waals surface area contributed by atoms with Gasteiger partial charge in [0.05, 0.1) is 6.61 Å². The fraction of sp³-hybridized carbons (Fsp3) is 1.00. The third-order valence-corrected chi connectivity index (χ3v) is 6.15. The van der Waals surface area contributed by atoms with Crippen molar-refractivity contribution >= 4 is 0 Å². The van der Waals surface area contributed by atoms with Crippen molar-refractivity contribution < 1.29 is 47.4 Å². The van der Waals surface area contributed by atoms with Crippen LogP contribution in [-0.4, -0.2) is 92.3 Å². The number of aliphatic hydroxyl groups excluding tert-OH is 1. The van der Waals surface area contributed by atoms with E-state index in [0.29, 0.717) is 26.1 Å². The Kier molecular flexibility index (Phi) is 16.7. The third-order valence-electron chi connectivity index (χ3n) is 6.15. The number of alkyl halides is 2. The molecule has 0 aliphatic carbocycles. The summed E-state index contributed by atoms with van der Waals surface area (Å²) in [5.41, 5.74) is 0. The zero-order chi connectivity index (χ0) is 27.0. The summed E-state index contributed by atoms with van der Waals surface area (Å²) < 4.78 is 65.7. The van der Waals surface area contributed by atoms with Crippen molar-refractivity contribution in [1.29, 1.82) is 0 Å². The minimum Gasteiger partial charge on any atom is -0.379 e. The SMILES string of the molecule is CCCCOC[C@H]1O[C@@](O)(C(F)(F)C(O)OCC)[C@H](OCCCC)[C@@H](OCCCC)[C@H]1OCCCC. The van der Waals surface area contributed by atoms with Crippen LogP contribution in [0.1, 0.15) is 86.0 Å². The largest absolute Gasteiger partial charge is 0.379 e. The van der Waals surface area contributed by atoms with Crippen LogP contribution in [0.25, 0.3) is 0 Å². The van der Waals surface area contributed by atoms with Gasteiger partial charge in [0.15, 0.2) is 0 Å². The second kappa shape index (κ2) is 17.9. The van der Waals surface area contributed by atoms with Gasteiger partial charge in [-0.15, -0.1) is 0 Å². The highest BCUT2D eigenvalue weighted by Crippen LogP contribution is 2.45. The van der Waals surface area contributed by atoms with Gasteiger partial charge in [0.2, 0.25) is 6.29 Å². The highest BCUT2D eigenvalue weighted by atomic mass is 19.3. The lowest BCUT2D eigenvalue weighted by Crippen LogP contribution is -2.75. The van der Waals surface area contributed by atoms with Crippen molar-refractivity contribution in [2.75, 3.05) is 39.6 Å². The molecule has 1 heterocycles. The van der Waals surface area contributed by atoms with Gasteiger partial charge in [-0.3, -0.25) is 0 Å². The summed E-state index contributed by atoms with van der Waals surface area (Å²) in [7, 11) is 0. The molecule has 1 unspecified atom stereocenters. The Morgan fingerprint density at radius 1 is 0.806 bits per heavy atom. The highest BCUT2D eigenvalue weighted by Gasteiger charge is 2.70. The number of hydrogen-bond acceptors (Lipinski definition) is 8. The molecule has 10 heteroatoms. The zero-order valence-corrected chi connectivity index (χ0v) is 22.9. The van der Waals surface area contributed by atoms with Gasteiger partial charge in [-0.1, -0.05) is 53.4 Å². The van der Waals surface area contributed by atoms with Gasteiger partial charge >= 0.3 is 5.92 Å². The Hall–Kier alpha value is -0.460. The van der Waals surface area contributed by atoms with Crippen molar-refractivity contribution in [1.82, 2.24) is 0 Å². The maximum absolute atomic E-state index is 15.7. The predicted octanol–water partition coefficient (Wildman–Crippen LogP) is 4.44. The normalized spacial score (nSPS) is 27.9. The van der Waals surface area contributed by atoms with Gasteiger partial charge in [-0.25, -0.2) is 0 Å². The number of hydrogen-bond donors (Lipinski definition) is 2. The fourth-order valence-electron chi connectivity index (χ4n) is 3.93. The van der Waals surface area contributed by atoms with Crippen molar-refractivity contribution in [2.24, 2.45) is 0 Å². The Labute approximate surface area is 215 Å². The van der Waals surface area contributed by atoms with Gasteiger partial charge in [0.1, 0.15) is 24.4 Å². The van der Waals surface area contributed by atoms with Crippen LogP contribution < -0.4 is 0 Å². The smallest absolute Gasteiger partial charge is 0.352 e. The van der Waals surface area contributed by atoms with Crippen molar-refractivity contribution in [3.63, 3.8) is 0 Å². The Morgan fingerprint density at radius 2 is 1.31 bits per heavy atom. The second-order valence-electron chi connectivity index (χ2n) is 9.23. The molecule has 1 fully saturated rings. The summed E-state index contributed by atoms with van der Waals surface area (Å²) >= 11 is 0. The molecular formula is C26H50F2O8. The molecule has 0 bridgehead atoms. The fourth-order valence-corrected chi connectivity index (χ4v) is 3.93. The van der Waals surface area contributed by atoms with Crippen LogP contribution in [0.4, 0.5) is 8.78 Å². The van der Waals surface area contributed by atoms with Crippen LogP contribution in [0, 0.1) is 0 Å². The van der Waals surface area contributed by atoms with Gasteiger partial charge in [0, 0.05) is 33.0 Å². The van der Waals surface area contributed by atoms with Crippen LogP contribution in [0.5, 0.6) is 0 Å². The molecule has 1 saturated heterocycles. The topological polar surface area (TPSA) is 95.8 Å². The van der Waals surface area contributed by atoms with E-state index in [9.17, 15) is 10.2 Å². The van der Waals surface area contributed by atoms with Crippen molar-refractivity contribution in [2.45, 2.75) is 128 Å². The number of ether oxygens (including phenoxy) is 6.